The van der Waals surface area contributed by atoms with Crippen molar-refractivity contribution in [2.75, 3.05) is 6.54 Å². The molecule has 0 saturated heterocycles. The number of hydrogen-bond donors (Lipinski definition) is 3. The summed E-state index contributed by atoms with van der Waals surface area (Å²) in [6.07, 6.45) is 0. The van der Waals surface area contributed by atoms with Crippen molar-refractivity contribution >= 4 is 34.2 Å². The molecule has 0 spiro atoms. The molecule has 0 bridgehead atoms. The van der Waals surface area contributed by atoms with Crippen LogP contribution in [0, 0.1) is 0 Å². The van der Waals surface area contributed by atoms with E-state index < -0.39 is 35.4 Å². The van der Waals surface area contributed by atoms with E-state index in [0.29, 0.717) is 0 Å². The van der Waals surface area contributed by atoms with Crippen LogP contribution in [0.3, 0.4) is 0 Å². The minimum atomic E-state index is -1.27. The van der Waals surface area contributed by atoms with Crippen molar-refractivity contribution in [1.29, 1.82) is 0 Å². The van der Waals surface area contributed by atoms with Crippen LogP contribution < -0.4 is 10.9 Å². The smallest absolute Gasteiger partial charge is 0.353 e. The molecule has 122 valence electrons. The summed E-state index contributed by atoms with van der Waals surface area (Å²) in [4.78, 5) is 35.3. The average Bonchev–Trinajstić information content (AvgIpc) is 3.07. The molecule has 3 aromatic rings. The summed E-state index contributed by atoms with van der Waals surface area (Å²) in [5.74, 6) is -2.82. The van der Waals surface area contributed by atoms with E-state index in [1.165, 1.54) is 17.4 Å². The van der Waals surface area contributed by atoms with Gasteiger partial charge in [-0.1, -0.05) is 6.07 Å². The molecule has 0 aliphatic rings. The number of hydrogen-bond acceptors (Lipinski definition) is 6. The largest absolute Gasteiger partial charge is 0.506 e. The summed E-state index contributed by atoms with van der Waals surface area (Å²) in [5, 5.41) is 23.0. The molecule has 0 unspecified atom stereocenters. The highest BCUT2D eigenvalue weighted by Gasteiger charge is 2.21. The molecule has 2 heterocycles. The number of benzene rings is 1. The molecule has 7 nitrogen and oxygen atoms in total. The lowest BCUT2D eigenvalue weighted by molar-refractivity contribution is -0.135. The number of aliphatic carboxylic acids is 1. The highest BCUT2D eigenvalue weighted by molar-refractivity contribution is 7.13. The summed E-state index contributed by atoms with van der Waals surface area (Å²) in [6.45, 7) is -0.676. The first-order valence-corrected chi connectivity index (χ1v) is 7.69. The van der Waals surface area contributed by atoms with Crippen LogP contribution >= 0.6 is 11.3 Å². The van der Waals surface area contributed by atoms with Crippen LogP contribution in [-0.2, 0) is 4.79 Å². The fourth-order valence-corrected chi connectivity index (χ4v) is 2.95. The molecule has 0 fully saturated rings. The van der Waals surface area contributed by atoms with Crippen molar-refractivity contribution in [3.63, 3.8) is 0 Å². The zero-order valence-electron chi connectivity index (χ0n) is 12.1. The van der Waals surface area contributed by atoms with E-state index in [1.807, 2.05) is 22.8 Å². The number of carboxylic acid groups (broad SMARTS) is 1. The van der Waals surface area contributed by atoms with Gasteiger partial charge in [0.2, 0.25) is 0 Å². The van der Waals surface area contributed by atoms with Crippen molar-refractivity contribution in [2.45, 2.75) is 0 Å². The second-order valence-electron chi connectivity index (χ2n) is 4.88. The van der Waals surface area contributed by atoms with Gasteiger partial charge in [0, 0.05) is 4.88 Å². The second-order valence-corrected chi connectivity index (χ2v) is 5.83. The van der Waals surface area contributed by atoms with Crippen LogP contribution in [0.4, 0.5) is 0 Å². The fraction of sp³-hybridized carbons (Fsp3) is 0.0625. The quantitative estimate of drug-likeness (QED) is 0.623. The Kier molecular flexibility index (Phi) is 4.05. The highest BCUT2D eigenvalue weighted by atomic mass is 32.1. The van der Waals surface area contributed by atoms with Crippen LogP contribution in [0.2, 0.25) is 0 Å². The standard InChI is InChI=1S/C16H11NO6S/c18-12(19)7-17-15(21)13-14(20)9-6-8(11-2-1-5-24-11)3-4-10(9)23-16(13)22/h1-6,20H,7H2,(H,17,21)(H,18,19). The first kappa shape index (κ1) is 15.8. The van der Waals surface area contributed by atoms with E-state index in [-0.39, 0.29) is 11.0 Å². The van der Waals surface area contributed by atoms with Gasteiger partial charge in [0.25, 0.3) is 5.91 Å². The summed E-state index contributed by atoms with van der Waals surface area (Å²) in [6, 6.07) is 8.64. The first-order chi connectivity index (χ1) is 11.5. The molecule has 0 saturated carbocycles. The predicted molar refractivity (Wildman–Crippen MR) is 87.4 cm³/mol. The Morgan fingerprint density at radius 2 is 2.04 bits per heavy atom. The first-order valence-electron chi connectivity index (χ1n) is 6.81. The zero-order chi connectivity index (χ0) is 17.3. The predicted octanol–water partition coefficient (Wildman–Crippen LogP) is 2.04. The van der Waals surface area contributed by atoms with Crippen LogP contribution in [-0.4, -0.2) is 28.6 Å². The van der Waals surface area contributed by atoms with E-state index in [9.17, 15) is 19.5 Å². The van der Waals surface area contributed by atoms with Gasteiger partial charge in [0.05, 0.1) is 5.39 Å². The van der Waals surface area contributed by atoms with Crippen molar-refractivity contribution in [3.8, 4) is 16.2 Å². The molecule has 3 rings (SSSR count). The zero-order valence-corrected chi connectivity index (χ0v) is 12.9. The number of aromatic hydroxyl groups is 1. The number of nitrogens with one attached hydrogen (secondary N) is 1. The van der Waals surface area contributed by atoms with Crippen molar-refractivity contribution in [2.24, 2.45) is 0 Å². The molecular weight excluding hydrogens is 334 g/mol. The Bertz CT molecular complexity index is 990. The van der Waals surface area contributed by atoms with E-state index >= 15 is 0 Å². The third kappa shape index (κ3) is 2.86. The molecule has 0 aliphatic carbocycles. The average molecular weight is 345 g/mol. The lowest BCUT2D eigenvalue weighted by atomic mass is 10.1. The summed E-state index contributed by atoms with van der Waals surface area (Å²) in [5.41, 5.74) is -0.732. The van der Waals surface area contributed by atoms with Gasteiger partial charge < -0.3 is 19.9 Å². The van der Waals surface area contributed by atoms with Gasteiger partial charge in [-0.25, -0.2) is 4.79 Å². The van der Waals surface area contributed by atoms with Gasteiger partial charge in [-0.05, 0) is 35.2 Å². The third-order valence-electron chi connectivity index (χ3n) is 3.31. The third-order valence-corrected chi connectivity index (χ3v) is 4.23. The lowest BCUT2D eigenvalue weighted by Gasteiger charge is -2.07. The normalized spacial score (nSPS) is 10.7. The van der Waals surface area contributed by atoms with Crippen LogP contribution in [0.5, 0.6) is 5.75 Å². The Morgan fingerprint density at radius 1 is 1.25 bits per heavy atom. The number of amides is 1. The molecule has 0 atom stereocenters. The minimum absolute atomic E-state index is 0.132. The summed E-state index contributed by atoms with van der Waals surface area (Å²) in [7, 11) is 0. The molecule has 8 heteroatoms. The Labute approximate surface area is 138 Å². The number of carbonyl (C=O) groups excluding carboxylic acids is 1. The maximum Gasteiger partial charge on any atom is 0.353 e. The minimum Gasteiger partial charge on any atom is -0.506 e. The maximum atomic E-state index is 12.0. The number of fused-ring (bicyclic) bond motifs is 1. The van der Waals surface area contributed by atoms with E-state index in [2.05, 4.69) is 0 Å². The Morgan fingerprint density at radius 3 is 2.71 bits per heavy atom. The van der Waals surface area contributed by atoms with Crippen LogP contribution in [0.15, 0.2) is 44.9 Å². The molecular formula is C16H11NO6S. The van der Waals surface area contributed by atoms with Gasteiger partial charge in [-0.15, -0.1) is 11.3 Å². The van der Waals surface area contributed by atoms with Gasteiger partial charge >= 0.3 is 11.6 Å². The second kappa shape index (κ2) is 6.17. The highest BCUT2D eigenvalue weighted by Crippen LogP contribution is 2.32. The van der Waals surface area contributed by atoms with Crippen LogP contribution in [0.25, 0.3) is 21.4 Å². The van der Waals surface area contributed by atoms with Gasteiger partial charge in [-0.2, -0.15) is 0 Å². The van der Waals surface area contributed by atoms with Crippen molar-refractivity contribution in [1.82, 2.24) is 5.32 Å². The molecule has 0 radical (unpaired) electrons. The van der Waals surface area contributed by atoms with E-state index in [1.54, 1.807) is 12.1 Å². The SMILES string of the molecule is O=C(O)CNC(=O)c1c(O)c2cc(-c3cccs3)ccc2oc1=O. The van der Waals surface area contributed by atoms with E-state index in [0.717, 1.165) is 10.4 Å². The van der Waals surface area contributed by atoms with E-state index in [4.69, 9.17) is 9.52 Å². The topological polar surface area (TPSA) is 117 Å². The molecule has 2 aromatic heterocycles. The maximum absolute atomic E-state index is 12.0. The summed E-state index contributed by atoms with van der Waals surface area (Å²) >= 11 is 1.50. The summed E-state index contributed by atoms with van der Waals surface area (Å²) < 4.78 is 5.05. The monoisotopic (exact) mass is 345 g/mol. The molecule has 24 heavy (non-hydrogen) atoms. The number of rotatable bonds is 4. The van der Waals surface area contributed by atoms with Crippen molar-refractivity contribution in [3.05, 3.63) is 51.7 Å². The Hall–Kier alpha value is -3.13. The van der Waals surface area contributed by atoms with Crippen molar-refractivity contribution < 1.29 is 24.2 Å². The fourth-order valence-electron chi connectivity index (χ4n) is 2.23. The van der Waals surface area contributed by atoms with Gasteiger partial charge in [0.15, 0.2) is 5.56 Å². The number of thiophene rings is 1. The Balaban J connectivity index is 2.12. The number of carbonyl (C=O) groups is 2. The lowest BCUT2D eigenvalue weighted by Crippen LogP contribution is -2.32. The number of carboxylic acids is 1. The van der Waals surface area contributed by atoms with Gasteiger partial charge in [0.1, 0.15) is 17.9 Å². The van der Waals surface area contributed by atoms with Crippen LogP contribution in [0.1, 0.15) is 10.4 Å². The molecule has 1 amide bonds. The molecule has 0 aliphatic heterocycles. The molecule has 3 N–H and O–H groups in total. The molecule has 1 aromatic carbocycles. The van der Waals surface area contributed by atoms with Gasteiger partial charge in [-0.3, -0.25) is 9.59 Å².